The highest BCUT2D eigenvalue weighted by Gasteiger charge is 2.17. The van der Waals surface area contributed by atoms with E-state index in [1.807, 2.05) is 10.6 Å². The molecule has 0 aliphatic rings. The molecule has 0 saturated carbocycles. The van der Waals surface area contributed by atoms with E-state index >= 15 is 0 Å². The van der Waals surface area contributed by atoms with E-state index in [0.29, 0.717) is 5.52 Å². The Balaban J connectivity index is 2.69. The molecule has 0 radical (unpaired) electrons. The van der Waals surface area contributed by atoms with Gasteiger partial charge in [0.15, 0.2) is 9.84 Å². The molecular weight excluding hydrogens is 284 g/mol. The Kier molecular flexibility index (Phi) is 4.16. The number of para-hydroxylation sites is 1. The third-order valence-corrected chi connectivity index (χ3v) is 4.44. The van der Waals surface area contributed by atoms with Gasteiger partial charge in [0.25, 0.3) is 0 Å². The van der Waals surface area contributed by atoms with Crippen molar-refractivity contribution in [3.05, 3.63) is 24.0 Å². The van der Waals surface area contributed by atoms with Crippen LogP contribution in [0.1, 0.15) is 25.6 Å². The van der Waals surface area contributed by atoms with Crippen LogP contribution in [-0.4, -0.2) is 24.2 Å². The minimum absolute atomic E-state index is 0.270. The minimum atomic E-state index is -3.28. The second-order valence-corrected chi connectivity index (χ2v) is 6.81. The highest BCUT2D eigenvalue weighted by Crippen LogP contribution is 2.25. The second-order valence-electron chi connectivity index (χ2n) is 4.56. The topological polar surface area (TPSA) is 52.0 Å². The predicted molar refractivity (Wildman–Crippen MR) is 77.3 cm³/mol. The first kappa shape index (κ1) is 14.3. The van der Waals surface area contributed by atoms with Gasteiger partial charge in [0.1, 0.15) is 11.3 Å². The normalized spacial score (nSPS) is 12.2. The standard InChI is InChI=1S/C13H17ClN2O2S/c1-3-4-8-16-10-6-5-7-11(19(2,17)18)13(10)15-12(16)9-14/h5-7H,3-4,8-9H2,1-2H3. The lowest BCUT2D eigenvalue weighted by atomic mass is 10.3. The number of sulfone groups is 1. The van der Waals surface area contributed by atoms with Crippen LogP contribution >= 0.6 is 11.6 Å². The van der Waals surface area contributed by atoms with Gasteiger partial charge in [-0.25, -0.2) is 13.4 Å². The number of hydrogen-bond acceptors (Lipinski definition) is 3. The number of hydrogen-bond donors (Lipinski definition) is 0. The fourth-order valence-electron chi connectivity index (χ4n) is 2.14. The van der Waals surface area contributed by atoms with Crippen LogP contribution in [0, 0.1) is 0 Å². The summed E-state index contributed by atoms with van der Waals surface area (Å²) >= 11 is 5.92. The number of alkyl halides is 1. The fraction of sp³-hybridized carbons (Fsp3) is 0.462. The maximum absolute atomic E-state index is 11.8. The van der Waals surface area contributed by atoms with E-state index in [1.54, 1.807) is 12.1 Å². The van der Waals surface area contributed by atoms with Crippen LogP contribution in [-0.2, 0) is 22.3 Å². The number of halogens is 1. The first-order valence-corrected chi connectivity index (χ1v) is 8.65. The molecule has 0 N–H and O–H groups in total. The van der Waals surface area contributed by atoms with Crippen molar-refractivity contribution in [2.24, 2.45) is 0 Å². The summed E-state index contributed by atoms with van der Waals surface area (Å²) in [6.07, 6.45) is 3.28. The van der Waals surface area contributed by atoms with Crippen LogP contribution in [0.25, 0.3) is 11.0 Å². The zero-order chi connectivity index (χ0) is 14.0. The molecule has 0 atom stereocenters. The molecule has 19 heavy (non-hydrogen) atoms. The number of aryl methyl sites for hydroxylation is 1. The Morgan fingerprint density at radius 3 is 2.68 bits per heavy atom. The molecule has 1 heterocycles. The summed E-state index contributed by atoms with van der Waals surface area (Å²) in [4.78, 5) is 4.67. The third kappa shape index (κ3) is 2.77. The number of aromatic nitrogens is 2. The van der Waals surface area contributed by atoms with Gasteiger partial charge in [0, 0.05) is 12.8 Å². The van der Waals surface area contributed by atoms with Gasteiger partial charge in [-0.3, -0.25) is 0 Å². The molecule has 0 unspecified atom stereocenters. The Morgan fingerprint density at radius 1 is 1.37 bits per heavy atom. The van der Waals surface area contributed by atoms with E-state index in [0.717, 1.165) is 30.7 Å². The van der Waals surface area contributed by atoms with Crippen molar-refractivity contribution in [3.63, 3.8) is 0 Å². The smallest absolute Gasteiger partial charge is 0.177 e. The second kappa shape index (κ2) is 5.51. The van der Waals surface area contributed by atoms with Gasteiger partial charge in [0.05, 0.1) is 16.3 Å². The Hall–Kier alpha value is -1.07. The first-order chi connectivity index (χ1) is 8.99. The van der Waals surface area contributed by atoms with Crippen molar-refractivity contribution in [3.8, 4) is 0 Å². The van der Waals surface area contributed by atoms with Crippen LogP contribution in [0.4, 0.5) is 0 Å². The van der Waals surface area contributed by atoms with E-state index in [4.69, 9.17) is 11.6 Å². The van der Waals surface area contributed by atoms with Gasteiger partial charge < -0.3 is 4.57 Å². The molecule has 0 amide bonds. The summed E-state index contributed by atoms with van der Waals surface area (Å²) in [7, 11) is -3.28. The molecule has 0 saturated heterocycles. The van der Waals surface area contributed by atoms with Gasteiger partial charge in [-0.05, 0) is 18.6 Å². The summed E-state index contributed by atoms with van der Waals surface area (Å²) in [6, 6.07) is 5.23. The van der Waals surface area contributed by atoms with E-state index in [1.165, 1.54) is 6.26 Å². The molecule has 2 rings (SSSR count). The molecule has 0 bridgehead atoms. The molecule has 6 heteroatoms. The van der Waals surface area contributed by atoms with Crippen molar-refractivity contribution in [1.29, 1.82) is 0 Å². The first-order valence-electron chi connectivity index (χ1n) is 6.23. The molecule has 0 aliphatic carbocycles. The van der Waals surface area contributed by atoms with Crippen LogP contribution in [0.5, 0.6) is 0 Å². The van der Waals surface area contributed by atoms with Crippen LogP contribution in [0.15, 0.2) is 23.1 Å². The van der Waals surface area contributed by atoms with E-state index < -0.39 is 9.84 Å². The average molecular weight is 301 g/mol. The molecule has 1 aromatic heterocycles. The quantitative estimate of drug-likeness (QED) is 0.798. The zero-order valence-electron chi connectivity index (χ0n) is 11.1. The minimum Gasteiger partial charge on any atom is -0.327 e. The summed E-state index contributed by atoms with van der Waals surface area (Å²) in [6.45, 7) is 2.92. The molecule has 2 aromatic rings. The van der Waals surface area contributed by atoms with Gasteiger partial charge >= 0.3 is 0 Å². The molecule has 0 spiro atoms. The van der Waals surface area contributed by atoms with Gasteiger partial charge in [-0.15, -0.1) is 11.6 Å². The summed E-state index contributed by atoms with van der Waals surface area (Å²) in [5.74, 6) is 1.00. The van der Waals surface area contributed by atoms with Gasteiger partial charge in [0.2, 0.25) is 0 Å². The van der Waals surface area contributed by atoms with Crippen LogP contribution in [0.2, 0.25) is 0 Å². The SMILES string of the molecule is CCCCn1c(CCl)nc2c(S(C)(=O)=O)cccc21. The van der Waals surface area contributed by atoms with Crippen molar-refractivity contribution in [1.82, 2.24) is 9.55 Å². The molecule has 1 aromatic carbocycles. The molecule has 0 fully saturated rings. The number of rotatable bonds is 5. The molecule has 0 aliphatic heterocycles. The Bertz CT molecular complexity index is 692. The predicted octanol–water partition coefficient (Wildman–Crippen LogP) is 2.98. The van der Waals surface area contributed by atoms with Crippen molar-refractivity contribution >= 4 is 32.5 Å². The summed E-state index contributed by atoms with van der Waals surface area (Å²) in [5, 5.41) is 0. The van der Waals surface area contributed by atoms with E-state index in [-0.39, 0.29) is 10.8 Å². The number of unbranched alkanes of at least 4 members (excludes halogenated alkanes) is 1. The monoisotopic (exact) mass is 300 g/mol. The maximum atomic E-state index is 11.8. The van der Waals surface area contributed by atoms with Crippen molar-refractivity contribution in [2.75, 3.05) is 6.26 Å². The zero-order valence-corrected chi connectivity index (χ0v) is 12.6. The number of imidazole rings is 1. The maximum Gasteiger partial charge on any atom is 0.177 e. The third-order valence-electron chi connectivity index (χ3n) is 3.08. The summed E-state index contributed by atoms with van der Waals surface area (Å²) < 4.78 is 25.6. The lowest BCUT2D eigenvalue weighted by molar-refractivity contribution is 0.602. The molecule has 4 nitrogen and oxygen atoms in total. The van der Waals surface area contributed by atoms with E-state index in [9.17, 15) is 8.42 Å². The van der Waals surface area contributed by atoms with Gasteiger partial charge in [-0.1, -0.05) is 19.4 Å². The van der Waals surface area contributed by atoms with Gasteiger partial charge in [-0.2, -0.15) is 0 Å². The van der Waals surface area contributed by atoms with Crippen molar-refractivity contribution < 1.29 is 8.42 Å². The summed E-state index contributed by atoms with van der Waals surface area (Å²) in [5.41, 5.74) is 1.36. The van der Waals surface area contributed by atoms with E-state index in [2.05, 4.69) is 11.9 Å². The molecular formula is C13H17ClN2O2S. The lowest BCUT2D eigenvalue weighted by Crippen LogP contribution is -2.02. The van der Waals surface area contributed by atoms with Crippen LogP contribution < -0.4 is 0 Å². The number of benzene rings is 1. The highest BCUT2D eigenvalue weighted by atomic mass is 35.5. The Morgan fingerprint density at radius 2 is 2.11 bits per heavy atom. The number of fused-ring (bicyclic) bond motifs is 1. The Labute approximate surface area is 118 Å². The number of nitrogens with zero attached hydrogens (tertiary/aromatic N) is 2. The van der Waals surface area contributed by atoms with Crippen LogP contribution in [0.3, 0.4) is 0 Å². The van der Waals surface area contributed by atoms with Crippen molar-refractivity contribution in [2.45, 2.75) is 37.1 Å². The average Bonchev–Trinajstić information content (AvgIpc) is 2.72. The lowest BCUT2D eigenvalue weighted by Gasteiger charge is -2.06. The highest BCUT2D eigenvalue weighted by molar-refractivity contribution is 7.91. The molecule has 104 valence electrons. The fourth-order valence-corrected chi connectivity index (χ4v) is 3.17. The largest absolute Gasteiger partial charge is 0.327 e.